The van der Waals surface area contributed by atoms with Gasteiger partial charge in [-0.2, -0.15) is 10.2 Å². The van der Waals surface area contributed by atoms with E-state index in [1.165, 1.54) is 11.8 Å². The molecule has 0 unspecified atom stereocenters. The van der Waals surface area contributed by atoms with Crippen LogP contribution in [0.3, 0.4) is 0 Å². The van der Waals surface area contributed by atoms with Crippen molar-refractivity contribution in [2.24, 2.45) is 0 Å². The normalized spacial score (nSPS) is 10.2. The topological polar surface area (TPSA) is 118 Å². The Balaban J connectivity index is 1.43. The van der Waals surface area contributed by atoms with Crippen molar-refractivity contribution in [2.45, 2.75) is 17.7 Å². The maximum atomic E-state index is 12.1. The Morgan fingerprint density at radius 2 is 1.90 bits per heavy atom. The first-order chi connectivity index (χ1) is 14.7. The zero-order valence-corrected chi connectivity index (χ0v) is 16.7. The Hall–Kier alpha value is -3.64. The number of thioether (sulfide) groups is 1. The van der Waals surface area contributed by atoms with Crippen LogP contribution in [0.25, 0.3) is 11.4 Å². The number of esters is 1. The average molecular weight is 422 g/mol. The van der Waals surface area contributed by atoms with Crippen molar-refractivity contribution in [3.05, 3.63) is 60.5 Å². The van der Waals surface area contributed by atoms with E-state index >= 15 is 0 Å². The molecule has 3 aromatic rings. The molecule has 3 rings (SSSR count). The third-order valence-corrected chi connectivity index (χ3v) is 4.80. The highest BCUT2D eigenvalue weighted by Crippen LogP contribution is 2.26. The highest BCUT2D eigenvalue weighted by molar-refractivity contribution is 7.99. The molecule has 0 fully saturated rings. The van der Waals surface area contributed by atoms with E-state index in [9.17, 15) is 9.59 Å². The van der Waals surface area contributed by atoms with E-state index in [4.69, 9.17) is 14.5 Å². The summed E-state index contributed by atoms with van der Waals surface area (Å²) in [5.74, 6) is 0.0306. The van der Waals surface area contributed by atoms with Crippen molar-refractivity contribution >= 4 is 29.3 Å². The van der Waals surface area contributed by atoms with Gasteiger partial charge in [-0.25, -0.2) is 0 Å². The molecule has 1 heterocycles. The van der Waals surface area contributed by atoms with Crippen LogP contribution in [-0.2, 0) is 20.7 Å². The fraction of sp³-hybridized carbons (Fsp3) is 0.190. The Kier molecular flexibility index (Phi) is 7.58. The summed E-state index contributed by atoms with van der Waals surface area (Å²) in [5.41, 5.74) is 1.39. The van der Waals surface area contributed by atoms with Crippen LogP contribution in [0.4, 0.5) is 5.69 Å². The van der Waals surface area contributed by atoms with Crippen molar-refractivity contribution in [3.63, 3.8) is 0 Å². The second-order valence-electron chi connectivity index (χ2n) is 6.03. The van der Waals surface area contributed by atoms with E-state index in [-0.39, 0.29) is 18.6 Å². The number of para-hydroxylation sites is 1. The highest BCUT2D eigenvalue weighted by Gasteiger charge is 2.13. The lowest BCUT2D eigenvalue weighted by atomic mass is 10.2. The fourth-order valence-electron chi connectivity index (χ4n) is 2.48. The summed E-state index contributed by atoms with van der Waals surface area (Å²) in [5, 5.41) is 15.3. The predicted octanol–water partition coefficient (Wildman–Crippen LogP) is 3.47. The van der Waals surface area contributed by atoms with Crippen LogP contribution in [0.1, 0.15) is 12.3 Å². The van der Waals surface area contributed by atoms with E-state index in [0.717, 1.165) is 10.5 Å². The largest absolute Gasteiger partial charge is 0.456 e. The van der Waals surface area contributed by atoms with Gasteiger partial charge in [0.15, 0.2) is 6.61 Å². The van der Waals surface area contributed by atoms with Crippen molar-refractivity contribution < 1.29 is 18.8 Å². The molecule has 1 aromatic heterocycles. The quantitative estimate of drug-likeness (QED) is 0.411. The molecule has 152 valence electrons. The second kappa shape index (κ2) is 10.8. The van der Waals surface area contributed by atoms with E-state index in [1.807, 2.05) is 42.5 Å². The Morgan fingerprint density at radius 3 is 2.70 bits per heavy atom. The van der Waals surface area contributed by atoms with Gasteiger partial charge in [0.1, 0.15) is 0 Å². The minimum absolute atomic E-state index is 0.0122. The standard InChI is InChI=1S/C21H18N4O4S/c22-12-13-30-17-9-5-4-8-16(17)23-18(26)14-28-20(27)11-10-19-24-21(25-29-19)15-6-2-1-3-7-15/h1-9H,10-11,13-14H2,(H,23,26). The van der Waals surface area contributed by atoms with Gasteiger partial charge in [0, 0.05) is 16.9 Å². The van der Waals surface area contributed by atoms with E-state index < -0.39 is 18.5 Å². The second-order valence-corrected chi connectivity index (χ2v) is 7.05. The van der Waals surface area contributed by atoms with Crippen LogP contribution in [-0.4, -0.2) is 34.4 Å². The molecule has 0 aliphatic rings. The summed E-state index contributed by atoms with van der Waals surface area (Å²) in [6, 6.07) is 18.5. The van der Waals surface area contributed by atoms with Gasteiger partial charge in [-0.3, -0.25) is 9.59 Å². The molecule has 9 heteroatoms. The van der Waals surface area contributed by atoms with Crippen LogP contribution in [0.5, 0.6) is 0 Å². The highest BCUT2D eigenvalue weighted by atomic mass is 32.2. The van der Waals surface area contributed by atoms with Gasteiger partial charge >= 0.3 is 5.97 Å². The Bertz CT molecular complexity index is 1050. The molecular formula is C21H18N4O4S. The third-order valence-electron chi connectivity index (χ3n) is 3.86. The number of carbonyl (C=O) groups excluding carboxylic acids is 2. The minimum Gasteiger partial charge on any atom is -0.456 e. The molecular weight excluding hydrogens is 404 g/mol. The Labute approximate surface area is 177 Å². The number of hydrogen-bond acceptors (Lipinski definition) is 8. The molecule has 1 N–H and O–H groups in total. The number of benzene rings is 2. The number of nitriles is 1. The summed E-state index contributed by atoms with van der Waals surface area (Å²) in [4.78, 5) is 29.0. The van der Waals surface area contributed by atoms with Gasteiger partial charge in [-0.1, -0.05) is 47.6 Å². The van der Waals surface area contributed by atoms with Gasteiger partial charge in [0.2, 0.25) is 11.7 Å². The predicted molar refractivity (Wildman–Crippen MR) is 110 cm³/mol. The van der Waals surface area contributed by atoms with Gasteiger partial charge in [-0.15, -0.1) is 11.8 Å². The van der Waals surface area contributed by atoms with Crippen LogP contribution < -0.4 is 5.32 Å². The number of nitrogens with zero attached hydrogens (tertiary/aromatic N) is 3. The van der Waals surface area contributed by atoms with Gasteiger partial charge in [0.05, 0.1) is 23.9 Å². The molecule has 2 aromatic carbocycles. The zero-order valence-electron chi connectivity index (χ0n) is 15.9. The molecule has 0 saturated carbocycles. The van der Waals surface area contributed by atoms with Crippen LogP contribution in [0, 0.1) is 11.3 Å². The maximum Gasteiger partial charge on any atom is 0.306 e. The molecule has 0 saturated heterocycles. The van der Waals surface area contributed by atoms with Crippen molar-refractivity contribution in [1.82, 2.24) is 10.1 Å². The number of aryl methyl sites for hydroxylation is 1. The number of hydrogen-bond donors (Lipinski definition) is 1. The lowest BCUT2D eigenvalue weighted by molar-refractivity contribution is -0.147. The van der Waals surface area contributed by atoms with Crippen LogP contribution >= 0.6 is 11.8 Å². The Morgan fingerprint density at radius 1 is 1.13 bits per heavy atom. The number of rotatable bonds is 9. The summed E-state index contributed by atoms with van der Waals surface area (Å²) < 4.78 is 10.2. The maximum absolute atomic E-state index is 12.1. The van der Waals surface area contributed by atoms with Crippen molar-refractivity contribution in [3.8, 4) is 17.5 Å². The van der Waals surface area contributed by atoms with E-state index in [1.54, 1.807) is 18.2 Å². The van der Waals surface area contributed by atoms with E-state index in [2.05, 4.69) is 15.5 Å². The summed E-state index contributed by atoms with van der Waals surface area (Å²) in [7, 11) is 0. The minimum atomic E-state index is -0.545. The lowest BCUT2D eigenvalue weighted by Crippen LogP contribution is -2.21. The number of amides is 1. The summed E-state index contributed by atoms with van der Waals surface area (Å²) >= 11 is 1.31. The molecule has 0 spiro atoms. The first-order valence-corrected chi connectivity index (χ1v) is 10.1. The number of anilines is 1. The molecule has 0 aliphatic carbocycles. The zero-order chi connectivity index (χ0) is 21.2. The molecule has 1 amide bonds. The molecule has 0 atom stereocenters. The monoisotopic (exact) mass is 422 g/mol. The molecule has 0 radical (unpaired) electrons. The SMILES string of the molecule is N#CCSc1ccccc1NC(=O)COC(=O)CCc1nc(-c2ccccc2)no1. The van der Waals surface area contributed by atoms with Crippen LogP contribution in [0.2, 0.25) is 0 Å². The summed E-state index contributed by atoms with van der Waals surface area (Å²) in [6.07, 6.45) is 0.228. The molecule has 30 heavy (non-hydrogen) atoms. The number of nitrogens with one attached hydrogen (secondary N) is 1. The van der Waals surface area contributed by atoms with E-state index in [0.29, 0.717) is 17.4 Å². The average Bonchev–Trinajstić information content (AvgIpc) is 3.25. The number of aromatic nitrogens is 2. The first kappa shape index (κ1) is 21.1. The van der Waals surface area contributed by atoms with Gasteiger partial charge < -0.3 is 14.6 Å². The van der Waals surface area contributed by atoms with Crippen molar-refractivity contribution in [1.29, 1.82) is 5.26 Å². The smallest absolute Gasteiger partial charge is 0.306 e. The fourth-order valence-corrected chi connectivity index (χ4v) is 3.15. The first-order valence-electron chi connectivity index (χ1n) is 9.08. The molecule has 8 nitrogen and oxygen atoms in total. The summed E-state index contributed by atoms with van der Waals surface area (Å²) in [6.45, 7) is -0.408. The third kappa shape index (κ3) is 6.18. The molecule has 0 bridgehead atoms. The number of ether oxygens (including phenoxy) is 1. The van der Waals surface area contributed by atoms with Gasteiger partial charge in [-0.05, 0) is 12.1 Å². The number of carbonyl (C=O) groups is 2. The molecule has 0 aliphatic heterocycles. The lowest BCUT2D eigenvalue weighted by Gasteiger charge is -2.09. The van der Waals surface area contributed by atoms with Crippen LogP contribution in [0.15, 0.2) is 64.0 Å². The van der Waals surface area contributed by atoms with Gasteiger partial charge in [0.25, 0.3) is 5.91 Å². The van der Waals surface area contributed by atoms with Crippen molar-refractivity contribution in [2.75, 3.05) is 17.7 Å².